The first-order chi connectivity index (χ1) is 20.3. The zero-order valence-electron chi connectivity index (χ0n) is 24.5. The Bertz CT molecular complexity index is 1480. The largest absolute Gasteiger partial charge is 0.350 e. The number of hydrogen-bond acceptors (Lipinski definition) is 5. The Morgan fingerprint density at radius 2 is 1.77 bits per heavy atom. The maximum Gasteiger partial charge on any atom is 0.289 e. The van der Waals surface area contributed by atoms with Gasteiger partial charge in [0.25, 0.3) is 11.8 Å². The van der Waals surface area contributed by atoms with Crippen LogP contribution in [-0.4, -0.2) is 60.9 Å². The summed E-state index contributed by atoms with van der Waals surface area (Å²) in [5.41, 5.74) is -0.771. The number of nitrogens with one attached hydrogen (secondary N) is 3. The highest BCUT2D eigenvalue weighted by Crippen LogP contribution is 2.42. The second kappa shape index (κ2) is 12.3. The summed E-state index contributed by atoms with van der Waals surface area (Å²) in [7, 11) is 0. The lowest BCUT2D eigenvalue weighted by molar-refractivity contribution is -0.126. The molecular weight excluding hydrogens is 599 g/mol. The number of halogens is 7. The summed E-state index contributed by atoms with van der Waals surface area (Å²) in [4.78, 5) is 37.2. The summed E-state index contributed by atoms with van der Waals surface area (Å²) in [6.45, 7) is 3.47. The van der Waals surface area contributed by atoms with Gasteiger partial charge in [0.15, 0.2) is 5.82 Å². The van der Waals surface area contributed by atoms with E-state index in [2.05, 4.69) is 25.4 Å². The Hall–Kier alpha value is -3.72. The van der Waals surface area contributed by atoms with Crippen molar-refractivity contribution in [1.29, 1.82) is 0 Å². The Balaban J connectivity index is 1.72. The third kappa shape index (κ3) is 7.86. The van der Waals surface area contributed by atoms with Crippen LogP contribution in [0.4, 0.5) is 30.7 Å². The number of amides is 2. The predicted molar refractivity (Wildman–Crippen MR) is 145 cm³/mol. The normalized spacial score (nSPS) is 17.5. The molecule has 44 heavy (non-hydrogen) atoms. The Morgan fingerprint density at radius 3 is 2.36 bits per heavy atom. The monoisotopic (exact) mass is 633 g/mol. The Labute approximate surface area is 248 Å². The molecule has 2 amide bonds. The number of hydrogen-bond donors (Lipinski definition) is 3. The van der Waals surface area contributed by atoms with Crippen molar-refractivity contribution in [2.75, 3.05) is 6.54 Å². The minimum atomic E-state index is -3.45. The third-order valence-electron chi connectivity index (χ3n) is 7.55. The molecule has 2 heterocycles. The zero-order valence-corrected chi connectivity index (χ0v) is 24.5. The lowest BCUT2D eigenvalue weighted by atomic mass is 9.81. The highest BCUT2D eigenvalue weighted by Gasteiger charge is 2.41. The van der Waals surface area contributed by atoms with Gasteiger partial charge in [-0.1, -0.05) is 6.07 Å². The second-order valence-corrected chi connectivity index (χ2v) is 11.9. The standard InChI is InChI=1S/C28H34F7N7O2/c1-14(2)42-23(37-13-38-42)25(44)41-20(15-7-9-28(34,35)10-8-15)22-39-18-6-5-16(19(29)21(18)40-22)17(11-26(3,30)31)24(43)36-12-27(4,32)33/h5-6,13-15,17,20H,7-12H2,1-4H3,(H,36,43)(H,39,40)(H,41,44)/t17-,20-/m0/s1. The Morgan fingerprint density at radius 1 is 1.11 bits per heavy atom. The van der Waals surface area contributed by atoms with Crippen LogP contribution in [0.1, 0.15) is 99.8 Å². The van der Waals surface area contributed by atoms with Crippen molar-refractivity contribution in [3.63, 3.8) is 0 Å². The van der Waals surface area contributed by atoms with Crippen molar-refractivity contribution < 1.29 is 40.3 Å². The molecule has 0 saturated heterocycles. The fraction of sp³-hybridized carbons (Fsp3) is 0.607. The molecule has 0 spiro atoms. The molecular formula is C28H34F7N7O2. The quantitative estimate of drug-likeness (QED) is 0.222. The van der Waals surface area contributed by atoms with E-state index < -0.39 is 84.6 Å². The van der Waals surface area contributed by atoms with Gasteiger partial charge in [0.1, 0.15) is 17.7 Å². The van der Waals surface area contributed by atoms with Crippen molar-refractivity contribution in [1.82, 2.24) is 35.4 Å². The summed E-state index contributed by atoms with van der Waals surface area (Å²) >= 11 is 0. The average Bonchev–Trinajstić information content (AvgIpc) is 3.57. The molecule has 3 aromatic rings. The summed E-state index contributed by atoms with van der Waals surface area (Å²) in [6.07, 6.45) is -0.838. The minimum Gasteiger partial charge on any atom is -0.350 e. The van der Waals surface area contributed by atoms with Crippen LogP contribution in [-0.2, 0) is 4.79 Å². The smallest absolute Gasteiger partial charge is 0.289 e. The maximum atomic E-state index is 15.9. The van der Waals surface area contributed by atoms with Crippen LogP contribution in [0.5, 0.6) is 0 Å². The molecule has 0 aliphatic heterocycles. The van der Waals surface area contributed by atoms with Crippen LogP contribution in [0, 0.1) is 11.7 Å². The van der Waals surface area contributed by atoms with Crippen LogP contribution in [0.15, 0.2) is 18.5 Å². The van der Waals surface area contributed by atoms with Gasteiger partial charge in [0.05, 0.1) is 24.0 Å². The SMILES string of the molecule is CC(C)n1ncnc1C(=O)N[C@H](c1nc2c(F)c([C@H](CC(C)(F)F)C(=O)NCC(C)(F)F)ccc2[nH]1)C1CCC(F)(F)CC1. The van der Waals surface area contributed by atoms with Gasteiger partial charge >= 0.3 is 0 Å². The molecule has 1 aliphatic rings. The molecule has 242 valence electrons. The van der Waals surface area contributed by atoms with E-state index in [1.807, 2.05) is 5.32 Å². The van der Waals surface area contributed by atoms with Gasteiger partial charge in [-0.2, -0.15) is 5.10 Å². The number of nitrogens with zero attached hydrogens (tertiary/aromatic N) is 4. The van der Waals surface area contributed by atoms with Crippen LogP contribution in [0.25, 0.3) is 11.0 Å². The molecule has 1 saturated carbocycles. The summed E-state index contributed by atoms with van der Waals surface area (Å²) < 4.78 is 100. The topological polar surface area (TPSA) is 118 Å². The lowest BCUT2D eigenvalue weighted by Crippen LogP contribution is -2.39. The van der Waals surface area contributed by atoms with E-state index in [1.54, 1.807) is 13.8 Å². The number of alkyl halides is 6. The van der Waals surface area contributed by atoms with Crippen LogP contribution in [0.2, 0.25) is 0 Å². The van der Waals surface area contributed by atoms with Gasteiger partial charge in [-0.15, -0.1) is 0 Å². The number of aromatic amines is 1. The second-order valence-electron chi connectivity index (χ2n) is 11.9. The number of carbonyl (C=O) groups is 2. The van der Waals surface area contributed by atoms with Gasteiger partial charge in [0.2, 0.25) is 23.6 Å². The van der Waals surface area contributed by atoms with E-state index >= 15 is 4.39 Å². The highest BCUT2D eigenvalue weighted by atomic mass is 19.3. The number of aromatic nitrogens is 5. The maximum absolute atomic E-state index is 15.9. The molecule has 9 nitrogen and oxygen atoms in total. The van der Waals surface area contributed by atoms with E-state index in [0.717, 1.165) is 6.07 Å². The van der Waals surface area contributed by atoms with Gasteiger partial charge < -0.3 is 15.6 Å². The minimum absolute atomic E-state index is 0.00941. The number of benzene rings is 1. The molecule has 0 unspecified atom stereocenters. The van der Waals surface area contributed by atoms with Crippen molar-refractivity contribution in [2.45, 2.75) is 95.6 Å². The summed E-state index contributed by atoms with van der Waals surface area (Å²) in [5, 5.41) is 8.70. The molecule has 4 rings (SSSR count). The van der Waals surface area contributed by atoms with E-state index in [-0.39, 0.29) is 41.6 Å². The molecule has 1 aliphatic carbocycles. The van der Waals surface area contributed by atoms with Crippen LogP contribution < -0.4 is 10.6 Å². The average molecular weight is 634 g/mol. The van der Waals surface area contributed by atoms with Crippen LogP contribution in [0.3, 0.4) is 0 Å². The first kappa shape index (κ1) is 33.2. The molecule has 1 fully saturated rings. The lowest BCUT2D eigenvalue weighted by Gasteiger charge is -2.33. The molecule has 3 N–H and O–H groups in total. The van der Waals surface area contributed by atoms with Gasteiger partial charge in [-0.05, 0) is 45.6 Å². The molecule has 2 atom stereocenters. The molecule has 1 aromatic carbocycles. The molecule has 0 radical (unpaired) electrons. The number of imidazole rings is 1. The summed E-state index contributed by atoms with van der Waals surface area (Å²) in [6, 6.07) is 1.14. The van der Waals surface area contributed by atoms with Gasteiger partial charge in [0, 0.05) is 37.8 Å². The number of carbonyl (C=O) groups excluding carboxylic acids is 2. The Kier molecular flexibility index (Phi) is 9.31. The fourth-order valence-corrected chi connectivity index (χ4v) is 5.36. The van der Waals surface area contributed by atoms with E-state index in [1.165, 1.54) is 17.1 Å². The van der Waals surface area contributed by atoms with Crippen LogP contribution >= 0.6 is 0 Å². The molecule has 16 heteroatoms. The number of rotatable bonds is 11. The highest BCUT2D eigenvalue weighted by molar-refractivity contribution is 5.91. The first-order valence-electron chi connectivity index (χ1n) is 14.1. The van der Waals surface area contributed by atoms with Crippen molar-refractivity contribution in [2.24, 2.45) is 5.92 Å². The predicted octanol–water partition coefficient (Wildman–Crippen LogP) is 6.07. The first-order valence-corrected chi connectivity index (χ1v) is 14.1. The number of fused-ring (bicyclic) bond motifs is 1. The van der Waals surface area contributed by atoms with E-state index in [9.17, 15) is 35.9 Å². The summed E-state index contributed by atoms with van der Waals surface area (Å²) in [5.74, 6) is -15.1. The van der Waals surface area contributed by atoms with E-state index in [4.69, 9.17) is 0 Å². The van der Waals surface area contributed by atoms with Crippen molar-refractivity contribution in [3.05, 3.63) is 41.5 Å². The van der Waals surface area contributed by atoms with Crippen molar-refractivity contribution in [3.8, 4) is 0 Å². The van der Waals surface area contributed by atoms with Gasteiger partial charge in [-0.3, -0.25) is 9.59 Å². The fourth-order valence-electron chi connectivity index (χ4n) is 5.36. The van der Waals surface area contributed by atoms with Crippen molar-refractivity contribution >= 4 is 22.8 Å². The van der Waals surface area contributed by atoms with Gasteiger partial charge in [-0.25, -0.2) is 45.4 Å². The molecule has 0 bridgehead atoms. The molecule has 2 aromatic heterocycles. The third-order valence-corrected chi connectivity index (χ3v) is 7.55. The van der Waals surface area contributed by atoms with E-state index in [0.29, 0.717) is 13.8 Å². The number of H-pyrrole nitrogens is 1. The zero-order chi connectivity index (χ0) is 32.6.